The number of ether oxygens (including phenoxy) is 1. The van der Waals surface area contributed by atoms with Crippen molar-refractivity contribution in [3.05, 3.63) is 30.4 Å². The fourth-order valence-corrected chi connectivity index (χ4v) is 2.37. The highest BCUT2D eigenvalue weighted by atomic mass is 19.1. The first kappa shape index (κ1) is 12.9. The van der Waals surface area contributed by atoms with Gasteiger partial charge in [0.2, 0.25) is 5.95 Å². The van der Waals surface area contributed by atoms with Crippen LogP contribution in [0.2, 0.25) is 0 Å². The lowest BCUT2D eigenvalue weighted by atomic mass is 10.1. The molecule has 1 aliphatic rings. The number of aromatic nitrogens is 5. The number of rotatable bonds is 3. The number of methoxy groups -OCH3 is 1. The smallest absolute Gasteiger partial charge is 0.225 e. The first-order valence-corrected chi connectivity index (χ1v) is 6.34. The highest BCUT2D eigenvalue weighted by Gasteiger charge is 2.24. The Balaban J connectivity index is 1.88. The fraction of sp³-hybridized carbons (Fsp3) is 0.500. The third kappa shape index (κ3) is 2.60. The predicted octanol–water partition coefficient (Wildman–Crippen LogP) is 0.490. The van der Waals surface area contributed by atoms with Crippen molar-refractivity contribution in [2.75, 3.05) is 25.2 Å². The molecule has 0 N–H and O–H groups in total. The maximum Gasteiger partial charge on any atom is 0.225 e. The van der Waals surface area contributed by atoms with Crippen LogP contribution in [0.15, 0.2) is 18.7 Å². The average Bonchev–Trinajstić information content (AvgIpc) is 2.79. The van der Waals surface area contributed by atoms with Gasteiger partial charge in [-0.15, -0.1) is 0 Å². The first-order chi connectivity index (χ1) is 9.76. The lowest BCUT2D eigenvalue weighted by Gasteiger charge is -2.23. The molecule has 1 atom stereocenters. The molecule has 106 valence electrons. The number of hydrogen-bond acceptors (Lipinski definition) is 6. The van der Waals surface area contributed by atoms with E-state index in [0.29, 0.717) is 25.6 Å². The van der Waals surface area contributed by atoms with Crippen LogP contribution in [-0.4, -0.2) is 45.0 Å². The van der Waals surface area contributed by atoms with E-state index in [1.54, 1.807) is 7.11 Å². The molecule has 2 aromatic heterocycles. The van der Waals surface area contributed by atoms with E-state index < -0.39 is 5.82 Å². The summed E-state index contributed by atoms with van der Waals surface area (Å²) in [5, 5.41) is 4.21. The second-order valence-electron chi connectivity index (χ2n) is 4.76. The van der Waals surface area contributed by atoms with Gasteiger partial charge in [0.1, 0.15) is 12.2 Å². The molecule has 0 amide bonds. The van der Waals surface area contributed by atoms with Crippen LogP contribution in [0.25, 0.3) is 0 Å². The van der Waals surface area contributed by atoms with Crippen LogP contribution in [0.4, 0.5) is 10.3 Å². The second kappa shape index (κ2) is 5.49. The summed E-state index contributed by atoms with van der Waals surface area (Å²) < 4.78 is 20.0. The molecular weight excluding hydrogens is 263 g/mol. The normalized spacial score (nSPS) is 18.7. The molecule has 0 aromatic carbocycles. The Kier molecular flexibility index (Phi) is 3.55. The summed E-state index contributed by atoms with van der Waals surface area (Å²) in [6, 6.07) is 0. The second-order valence-corrected chi connectivity index (χ2v) is 4.76. The summed E-state index contributed by atoms with van der Waals surface area (Å²) in [6.07, 6.45) is 3.88. The molecule has 0 radical (unpaired) electrons. The number of hydrogen-bond donors (Lipinski definition) is 0. The fourth-order valence-electron chi connectivity index (χ4n) is 2.37. The van der Waals surface area contributed by atoms with E-state index in [1.807, 2.05) is 9.58 Å². The third-order valence-corrected chi connectivity index (χ3v) is 3.23. The SMILES string of the molecule is COCC1CN(c2ncc(F)cn2)Cc2ncnn2C1. The molecule has 0 bridgehead atoms. The summed E-state index contributed by atoms with van der Waals surface area (Å²) in [5.41, 5.74) is 0. The van der Waals surface area contributed by atoms with E-state index in [0.717, 1.165) is 12.4 Å². The van der Waals surface area contributed by atoms with Gasteiger partial charge in [0, 0.05) is 26.1 Å². The molecule has 1 unspecified atom stereocenters. The Morgan fingerprint density at radius 2 is 2.10 bits per heavy atom. The van der Waals surface area contributed by atoms with Crippen molar-refractivity contribution < 1.29 is 9.13 Å². The number of fused-ring (bicyclic) bond motifs is 1. The van der Waals surface area contributed by atoms with Crippen LogP contribution in [-0.2, 0) is 17.8 Å². The molecule has 0 spiro atoms. The van der Waals surface area contributed by atoms with Gasteiger partial charge in [-0.3, -0.25) is 0 Å². The maximum absolute atomic E-state index is 12.9. The third-order valence-electron chi connectivity index (χ3n) is 3.23. The molecule has 7 nitrogen and oxygen atoms in total. The number of anilines is 1. The quantitative estimate of drug-likeness (QED) is 0.814. The molecule has 2 aromatic rings. The summed E-state index contributed by atoms with van der Waals surface area (Å²) in [5.74, 6) is 1.14. The van der Waals surface area contributed by atoms with Crippen molar-refractivity contribution in [3.8, 4) is 0 Å². The van der Waals surface area contributed by atoms with Gasteiger partial charge in [0.25, 0.3) is 0 Å². The minimum Gasteiger partial charge on any atom is -0.384 e. The molecular formula is C12H15FN6O. The van der Waals surface area contributed by atoms with E-state index in [1.165, 1.54) is 18.7 Å². The monoisotopic (exact) mass is 278 g/mol. The van der Waals surface area contributed by atoms with E-state index in [-0.39, 0.29) is 5.92 Å². The highest BCUT2D eigenvalue weighted by molar-refractivity contribution is 5.29. The van der Waals surface area contributed by atoms with Gasteiger partial charge < -0.3 is 9.64 Å². The number of nitrogens with zero attached hydrogens (tertiary/aromatic N) is 6. The van der Waals surface area contributed by atoms with Gasteiger partial charge in [-0.05, 0) is 0 Å². The van der Waals surface area contributed by atoms with Crippen LogP contribution in [0.5, 0.6) is 0 Å². The van der Waals surface area contributed by atoms with Crippen molar-refractivity contribution in [2.24, 2.45) is 5.92 Å². The minimum atomic E-state index is -0.444. The summed E-state index contributed by atoms with van der Waals surface area (Å²) in [6.45, 7) is 2.61. The lowest BCUT2D eigenvalue weighted by Crippen LogP contribution is -2.31. The average molecular weight is 278 g/mol. The van der Waals surface area contributed by atoms with Gasteiger partial charge in [-0.2, -0.15) is 5.10 Å². The molecule has 8 heteroatoms. The van der Waals surface area contributed by atoms with Crippen LogP contribution in [0.3, 0.4) is 0 Å². The Hall–Kier alpha value is -2.09. The maximum atomic E-state index is 12.9. The minimum absolute atomic E-state index is 0.247. The van der Waals surface area contributed by atoms with Gasteiger partial charge in [0.15, 0.2) is 5.82 Å². The van der Waals surface area contributed by atoms with Gasteiger partial charge in [0.05, 0.1) is 25.5 Å². The Labute approximate surface area is 115 Å². The molecule has 0 fully saturated rings. The molecule has 0 saturated carbocycles. The van der Waals surface area contributed by atoms with E-state index >= 15 is 0 Å². The Bertz CT molecular complexity index is 572. The van der Waals surface area contributed by atoms with Crippen LogP contribution < -0.4 is 4.90 Å². The van der Waals surface area contributed by atoms with Crippen molar-refractivity contribution in [1.82, 2.24) is 24.7 Å². The highest BCUT2D eigenvalue weighted by Crippen LogP contribution is 2.18. The topological polar surface area (TPSA) is 69.0 Å². The summed E-state index contributed by atoms with van der Waals surface area (Å²) in [4.78, 5) is 14.3. The van der Waals surface area contributed by atoms with Gasteiger partial charge in [-0.1, -0.05) is 0 Å². The zero-order chi connectivity index (χ0) is 13.9. The van der Waals surface area contributed by atoms with E-state index in [4.69, 9.17) is 4.74 Å². The van der Waals surface area contributed by atoms with Crippen LogP contribution in [0, 0.1) is 11.7 Å². The van der Waals surface area contributed by atoms with E-state index in [9.17, 15) is 4.39 Å². The largest absolute Gasteiger partial charge is 0.384 e. The molecule has 0 saturated heterocycles. The Morgan fingerprint density at radius 1 is 1.30 bits per heavy atom. The van der Waals surface area contributed by atoms with Crippen molar-refractivity contribution in [1.29, 1.82) is 0 Å². The standard InChI is InChI=1S/C12H15FN6O/c1-20-7-9-4-18(12-14-2-10(13)3-15-12)6-11-16-8-17-19(11)5-9/h2-3,8-9H,4-7H2,1H3. The van der Waals surface area contributed by atoms with Crippen molar-refractivity contribution in [3.63, 3.8) is 0 Å². The predicted molar refractivity (Wildman–Crippen MR) is 68.4 cm³/mol. The number of halogens is 1. The Morgan fingerprint density at radius 3 is 2.85 bits per heavy atom. The molecule has 20 heavy (non-hydrogen) atoms. The van der Waals surface area contributed by atoms with Crippen LogP contribution >= 0.6 is 0 Å². The molecule has 3 heterocycles. The zero-order valence-electron chi connectivity index (χ0n) is 11.1. The van der Waals surface area contributed by atoms with Crippen molar-refractivity contribution >= 4 is 5.95 Å². The summed E-state index contributed by atoms with van der Waals surface area (Å²) in [7, 11) is 1.67. The van der Waals surface area contributed by atoms with E-state index in [2.05, 4.69) is 20.1 Å². The molecule has 1 aliphatic heterocycles. The zero-order valence-corrected chi connectivity index (χ0v) is 11.1. The first-order valence-electron chi connectivity index (χ1n) is 6.34. The lowest BCUT2D eigenvalue weighted by molar-refractivity contribution is 0.145. The molecule has 3 rings (SSSR count). The van der Waals surface area contributed by atoms with Gasteiger partial charge >= 0.3 is 0 Å². The molecule has 0 aliphatic carbocycles. The summed E-state index contributed by atoms with van der Waals surface area (Å²) >= 11 is 0. The van der Waals surface area contributed by atoms with Crippen molar-refractivity contribution in [2.45, 2.75) is 13.1 Å². The van der Waals surface area contributed by atoms with Gasteiger partial charge in [-0.25, -0.2) is 24.0 Å². The van der Waals surface area contributed by atoms with Crippen LogP contribution in [0.1, 0.15) is 5.82 Å².